The van der Waals surface area contributed by atoms with Crippen molar-refractivity contribution < 1.29 is 5.11 Å². The largest absolute Gasteiger partial charge is 0.392 e. The maximum absolute atomic E-state index is 9.49. The fraction of sp³-hybridized carbons (Fsp3) is 1.00. The van der Waals surface area contributed by atoms with Crippen LogP contribution in [0.25, 0.3) is 0 Å². The summed E-state index contributed by atoms with van der Waals surface area (Å²) in [5.41, 5.74) is 0. The number of hydrogen-bond donors (Lipinski definition) is 2. The standard InChI is InChI=1S/C9H19NOS/c1-8-5-9(11)7-10(6-8)3-2-4-12/h8-9,11-12H,2-7H2,1H3. The summed E-state index contributed by atoms with van der Waals surface area (Å²) in [6, 6.07) is 0. The van der Waals surface area contributed by atoms with E-state index in [2.05, 4.69) is 24.5 Å². The Morgan fingerprint density at radius 3 is 2.83 bits per heavy atom. The molecule has 1 N–H and O–H groups in total. The monoisotopic (exact) mass is 189 g/mol. The van der Waals surface area contributed by atoms with Crippen LogP contribution in [0.15, 0.2) is 0 Å². The molecule has 1 aliphatic rings. The summed E-state index contributed by atoms with van der Waals surface area (Å²) in [4.78, 5) is 2.34. The van der Waals surface area contributed by atoms with Crippen LogP contribution in [0.4, 0.5) is 0 Å². The number of piperidine rings is 1. The van der Waals surface area contributed by atoms with Gasteiger partial charge in [-0.05, 0) is 31.1 Å². The summed E-state index contributed by atoms with van der Waals surface area (Å²) in [5.74, 6) is 1.59. The zero-order chi connectivity index (χ0) is 8.97. The molecule has 0 bridgehead atoms. The highest BCUT2D eigenvalue weighted by Crippen LogP contribution is 2.16. The van der Waals surface area contributed by atoms with Crippen molar-refractivity contribution in [1.82, 2.24) is 4.90 Å². The molecule has 2 atom stereocenters. The number of aliphatic hydroxyl groups excluding tert-OH is 1. The molecule has 0 spiro atoms. The van der Waals surface area contributed by atoms with Crippen molar-refractivity contribution in [2.45, 2.75) is 25.9 Å². The van der Waals surface area contributed by atoms with Crippen molar-refractivity contribution in [3.63, 3.8) is 0 Å². The maximum atomic E-state index is 9.49. The van der Waals surface area contributed by atoms with Crippen LogP contribution >= 0.6 is 12.6 Å². The van der Waals surface area contributed by atoms with Gasteiger partial charge in [0.25, 0.3) is 0 Å². The van der Waals surface area contributed by atoms with Gasteiger partial charge in [-0.2, -0.15) is 12.6 Å². The molecule has 12 heavy (non-hydrogen) atoms. The number of thiol groups is 1. The molecule has 3 heteroatoms. The number of aliphatic hydroxyl groups is 1. The Kier molecular flexibility index (Phi) is 4.40. The smallest absolute Gasteiger partial charge is 0.0670 e. The summed E-state index contributed by atoms with van der Waals surface area (Å²) in [5, 5.41) is 9.49. The Balaban J connectivity index is 2.24. The Labute approximate surface area is 80.4 Å². The molecule has 1 aliphatic heterocycles. The first-order valence-corrected chi connectivity index (χ1v) is 5.37. The molecule has 0 aromatic rings. The van der Waals surface area contributed by atoms with Gasteiger partial charge in [-0.15, -0.1) is 0 Å². The lowest BCUT2D eigenvalue weighted by Crippen LogP contribution is -2.42. The molecule has 0 aromatic heterocycles. The number of rotatable bonds is 3. The molecular formula is C9H19NOS. The molecule has 0 aliphatic carbocycles. The van der Waals surface area contributed by atoms with Crippen LogP contribution in [0, 0.1) is 5.92 Å². The molecule has 1 rings (SSSR count). The third-order valence-electron chi connectivity index (χ3n) is 2.35. The van der Waals surface area contributed by atoms with Crippen molar-refractivity contribution in [3.8, 4) is 0 Å². The molecular weight excluding hydrogens is 170 g/mol. The van der Waals surface area contributed by atoms with Crippen LogP contribution in [0.1, 0.15) is 19.8 Å². The number of nitrogens with zero attached hydrogens (tertiary/aromatic N) is 1. The van der Waals surface area contributed by atoms with Crippen molar-refractivity contribution in [3.05, 3.63) is 0 Å². The van der Waals surface area contributed by atoms with Crippen LogP contribution < -0.4 is 0 Å². The van der Waals surface area contributed by atoms with Gasteiger partial charge < -0.3 is 10.0 Å². The Hall–Kier alpha value is 0.270. The summed E-state index contributed by atoms with van der Waals surface area (Å²) < 4.78 is 0. The molecule has 2 nitrogen and oxygen atoms in total. The highest BCUT2D eigenvalue weighted by molar-refractivity contribution is 7.80. The molecule has 1 fully saturated rings. The van der Waals surface area contributed by atoms with Gasteiger partial charge in [0.2, 0.25) is 0 Å². The van der Waals surface area contributed by atoms with E-state index in [9.17, 15) is 5.11 Å². The fourth-order valence-electron chi connectivity index (χ4n) is 1.90. The third-order valence-corrected chi connectivity index (χ3v) is 2.66. The quantitative estimate of drug-likeness (QED) is 0.647. The second-order valence-electron chi connectivity index (χ2n) is 3.83. The van der Waals surface area contributed by atoms with Gasteiger partial charge in [0.1, 0.15) is 0 Å². The molecule has 1 heterocycles. The number of likely N-dealkylation sites (tertiary alicyclic amines) is 1. The Morgan fingerprint density at radius 2 is 2.25 bits per heavy atom. The van der Waals surface area contributed by atoms with Gasteiger partial charge in [-0.1, -0.05) is 6.92 Å². The van der Waals surface area contributed by atoms with Crippen molar-refractivity contribution in [2.24, 2.45) is 5.92 Å². The summed E-state index contributed by atoms with van der Waals surface area (Å²) in [7, 11) is 0. The normalized spacial score (nSPS) is 32.2. The summed E-state index contributed by atoms with van der Waals surface area (Å²) in [6.07, 6.45) is 1.99. The zero-order valence-corrected chi connectivity index (χ0v) is 8.63. The van der Waals surface area contributed by atoms with Gasteiger partial charge in [0.15, 0.2) is 0 Å². The Morgan fingerprint density at radius 1 is 1.50 bits per heavy atom. The van der Waals surface area contributed by atoms with E-state index in [1.165, 1.54) is 0 Å². The third kappa shape index (κ3) is 3.33. The predicted molar refractivity (Wildman–Crippen MR) is 54.7 cm³/mol. The van der Waals surface area contributed by atoms with E-state index in [4.69, 9.17) is 0 Å². The zero-order valence-electron chi connectivity index (χ0n) is 7.74. The number of hydrogen-bond acceptors (Lipinski definition) is 3. The topological polar surface area (TPSA) is 23.5 Å². The average molecular weight is 189 g/mol. The fourth-order valence-corrected chi connectivity index (χ4v) is 2.05. The molecule has 72 valence electrons. The molecule has 2 unspecified atom stereocenters. The van der Waals surface area contributed by atoms with Crippen molar-refractivity contribution >= 4 is 12.6 Å². The van der Waals surface area contributed by atoms with E-state index in [0.29, 0.717) is 5.92 Å². The molecule has 0 aromatic carbocycles. The van der Waals surface area contributed by atoms with E-state index >= 15 is 0 Å². The van der Waals surface area contributed by atoms with E-state index in [1.807, 2.05) is 0 Å². The van der Waals surface area contributed by atoms with Gasteiger partial charge in [0, 0.05) is 13.1 Å². The highest BCUT2D eigenvalue weighted by atomic mass is 32.1. The van der Waals surface area contributed by atoms with Crippen LogP contribution in [-0.4, -0.2) is 41.5 Å². The van der Waals surface area contributed by atoms with Crippen molar-refractivity contribution in [2.75, 3.05) is 25.4 Å². The van der Waals surface area contributed by atoms with E-state index in [1.54, 1.807) is 0 Å². The van der Waals surface area contributed by atoms with Gasteiger partial charge in [0.05, 0.1) is 6.10 Å². The van der Waals surface area contributed by atoms with Crippen LogP contribution in [-0.2, 0) is 0 Å². The van der Waals surface area contributed by atoms with Crippen LogP contribution in [0.5, 0.6) is 0 Å². The number of β-amino-alcohol motifs (C(OH)–C–C–N with tert-alkyl or cyclic N) is 1. The second kappa shape index (κ2) is 5.10. The SMILES string of the molecule is CC1CC(O)CN(CCCS)C1. The minimum atomic E-state index is -0.103. The summed E-state index contributed by atoms with van der Waals surface area (Å²) >= 11 is 4.18. The van der Waals surface area contributed by atoms with Crippen LogP contribution in [0.3, 0.4) is 0 Å². The highest BCUT2D eigenvalue weighted by Gasteiger charge is 2.21. The van der Waals surface area contributed by atoms with Crippen molar-refractivity contribution in [1.29, 1.82) is 0 Å². The minimum Gasteiger partial charge on any atom is -0.392 e. The lowest BCUT2D eigenvalue weighted by molar-refractivity contribution is 0.0451. The maximum Gasteiger partial charge on any atom is 0.0670 e. The summed E-state index contributed by atoms with van der Waals surface area (Å²) in [6.45, 7) is 5.30. The first kappa shape index (κ1) is 10.4. The Bertz CT molecular complexity index is 122. The molecule has 1 saturated heterocycles. The minimum absolute atomic E-state index is 0.103. The van der Waals surface area contributed by atoms with E-state index in [-0.39, 0.29) is 6.10 Å². The molecule has 0 amide bonds. The van der Waals surface area contributed by atoms with Crippen LogP contribution in [0.2, 0.25) is 0 Å². The van der Waals surface area contributed by atoms with Gasteiger partial charge in [-0.25, -0.2) is 0 Å². The molecule has 0 saturated carbocycles. The predicted octanol–water partition coefficient (Wildman–Crippen LogP) is 1.01. The molecule has 0 radical (unpaired) electrons. The first-order chi connectivity index (χ1) is 5.72. The average Bonchev–Trinajstić information content (AvgIpc) is 1.99. The van der Waals surface area contributed by atoms with E-state index in [0.717, 1.165) is 38.2 Å². The lowest BCUT2D eigenvalue weighted by atomic mass is 9.98. The first-order valence-electron chi connectivity index (χ1n) is 4.73. The van der Waals surface area contributed by atoms with Gasteiger partial charge >= 0.3 is 0 Å². The van der Waals surface area contributed by atoms with Gasteiger partial charge in [-0.3, -0.25) is 0 Å². The van der Waals surface area contributed by atoms with E-state index < -0.39 is 0 Å². The second-order valence-corrected chi connectivity index (χ2v) is 4.28. The lowest BCUT2D eigenvalue weighted by Gasteiger charge is -2.33.